The van der Waals surface area contributed by atoms with Crippen molar-refractivity contribution in [2.45, 2.75) is 0 Å². The van der Waals surface area contributed by atoms with Gasteiger partial charge in [-0.05, 0) is 0 Å². The molecule has 0 aliphatic rings. The molecular formula is C10H12N10OS2. The first-order valence-electron chi connectivity index (χ1n) is 5.92. The Hall–Kier alpha value is -2.93. The second kappa shape index (κ2) is 6.45. The summed E-state index contributed by atoms with van der Waals surface area (Å²) in [5.74, 6) is 0.365. The first kappa shape index (κ1) is 16.4. The topological polar surface area (TPSA) is 184 Å². The Labute approximate surface area is 139 Å². The number of nitrogen functional groups attached to an aromatic ring is 2. The number of imidazole rings is 2. The average Bonchev–Trinajstić information content (AvgIpc) is 3.07. The van der Waals surface area contributed by atoms with Gasteiger partial charge in [-0.15, -0.1) is 0 Å². The van der Waals surface area contributed by atoms with Crippen molar-refractivity contribution in [3.05, 3.63) is 27.6 Å². The van der Waals surface area contributed by atoms with Crippen LogP contribution < -0.4 is 17.0 Å². The largest absolute Gasteiger partial charge is 0.369 e. The van der Waals surface area contributed by atoms with Crippen molar-refractivity contribution < 1.29 is 0 Å². The SMILES string of the molecule is Nc1nc(=S)c2[nH]cnc2[nH]1.Nc1nc2nc[nH]c2c(=O)[nH]1.S. The van der Waals surface area contributed by atoms with E-state index >= 15 is 0 Å². The van der Waals surface area contributed by atoms with Gasteiger partial charge in [-0.25, -0.2) is 15.0 Å². The van der Waals surface area contributed by atoms with Gasteiger partial charge >= 0.3 is 0 Å². The van der Waals surface area contributed by atoms with E-state index in [2.05, 4.69) is 39.9 Å². The summed E-state index contributed by atoms with van der Waals surface area (Å²) < 4.78 is 0.439. The van der Waals surface area contributed by atoms with E-state index in [4.69, 9.17) is 23.7 Å². The molecule has 0 spiro atoms. The van der Waals surface area contributed by atoms with Gasteiger partial charge in [-0.1, -0.05) is 12.2 Å². The number of nitrogens with one attached hydrogen (secondary N) is 4. The van der Waals surface area contributed by atoms with Crippen LogP contribution >= 0.6 is 25.7 Å². The molecule has 4 aromatic heterocycles. The molecule has 0 amide bonds. The van der Waals surface area contributed by atoms with E-state index < -0.39 is 0 Å². The number of anilines is 2. The Balaban J connectivity index is 0.000000160. The summed E-state index contributed by atoms with van der Waals surface area (Å²) in [6.45, 7) is 0. The zero-order valence-corrected chi connectivity index (χ0v) is 13.2. The van der Waals surface area contributed by atoms with Gasteiger partial charge in [-0.2, -0.15) is 18.5 Å². The van der Waals surface area contributed by atoms with Crippen LogP contribution in [0.1, 0.15) is 0 Å². The maximum atomic E-state index is 11.0. The predicted molar refractivity (Wildman–Crippen MR) is 92.8 cm³/mol. The van der Waals surface area contributed by atoms with Crippen LogP contribution in [0.3, 0.4) is 0 Å². The molecule has 23 heavy (non-hydrogen) atoms. The number of hydrogen-bond acceptors (Lipinski definition) is 8. The Bertz CT molecular complexity index is 975. The first-order valence-corrected chi connectivity index (χ1v) is 6.33. The third kappa shape index (κ3) is 3.29. The summed E-state index contributed by atoms with van der Waals surface area (Å²) >= 11 is 4.91. The van der Waals surface area contributed by atoms with Gasteiger partial charge in [0.1, 0.15) is 5.52 Å². The fourth-order valence-corrected chi connectivity index (χ4v) is 1.98. The molecule has 0 aliphatic carbocycles. The molecule has 8 N–H and O–H groups in total. The van der Waals surface area contributed by atoms with Crippen LogP contribution in [0.5, 0.6) is 0 Å². The number of nitrogens with zero attached hydrogens (tertiary/aromatic N) is 4. The van der Waals surface area contributed by atoms with Gasteiger partial charge in [0.05, 0.1) is 12.7 Å². The zero-order valence-electron chi connectivity index (χ0n) is 11.4. The van der Waals surface area contributed by atoms with Crippen molar-refractivity contribution in [1.29, 1.82) is 0 Å². The van der Waals surface area contributed by atoms with Crippen LogP contribution in [0.2, 0.25) is 0 Å². The van der Waals surface area contributed by atoms with Gasteiger partial charge in [0.15, 0.2) is 21.5 Å². The third-order valence-electron chi connectivity index (χ3n) is 2.64. The minimum atomic E-state index is -0.301. The number of H-pyrrole nitrogens is 4. The lowest BCUT2D eigenvalue weighted by molar-refractivity contribution is 1.17. The van der Waals surface area contributed by atoms with E-state index in [9.17, 15) is 4.79 Å². The van der Waals surface area contributed by atoms with E-state index in [1.54, 1.807) is 0 Å². The van der Waals surface area contributed by atoms with Gasteiger partial charge < -0.3 is 26.4 Å². The Morgan fingerprint density at radius 2 is 1.61 bits per heavy atom. The molecular weight excluding hydrogens is 340 g/mol. The lowest BCUT2D eigenvalue weighted by Crippen LogP contribution is -2.10. The van der Waals surface area contributed by atoms with Gasteiger partial charge in [-0.3, -0.25) is 9.78 Å². The molecule has 0 radical (unpaired) electrons. The van der Waals surface area contributed by atoms with Crippen molar-refractivity contribution in [3.8, 4) is 0 Å². The molecule has 0 unspecified atom stereocenters. The van der Waals surface area contributed by atoms with Crippen LogP contribution in [0, 0.1) is 4.64 Å². The maximum absolute atomic E-state index is 11.0. The van der Waals surface area contributed by atoms with Gasteiger partial charge in [0.2, 0.25) is 11.9 Å². The summed E-state index contributed by atoms with van der Waals surface area (Å²) in [6, 6.07) is 0. The second-order valence-corrected chi connectivity index (χ2v) is 4.49. The molecule has 0 saturated carbocycles. The van der Waals surface area contributed by atoms with Crippen molar-refractivity contribution in [1.82, 2.24) is 39.9 Å². The quantitative estimate of drug-likeness (QED) is 0.238. The first-order chi connectivity index (χ1) is 10.5. The average molecular weight is 352 g/mol. The third-order valence-corrected chi connectivity index (χ3v) is 2.93. The molecule has 11 nitrogen and oxygen atoms in total. The summed E-state index contributed by atoms with van der Waals surface area (Å²) in [6.07, 6.45) is 2.93. The highest BCUT2D eigenvalue weighted by Crippen LogP contribution is 2.06. The van der Waals surface area contributed by atoms with Crippen LogP contribution in [0.15, 0.2) is 17.4 Å². The number of aromatic nitrogens is 8. The number of fused-ring (bicyclic) bond motifs is 2. The fourth-order valence-electron chi connectivity index (χ4n) is 1.73. The summed E-state index contributed by atoms with van der Waals surface area (Å²) in [5, 5.41) is 0. The number of nitrogens with two attached hydrogens (primary N) is 2. The van der Waals surface area contributed by atoms with Crippen molar-refractivity contribution in [3.63, 3.8) is 0 Å². The van der Waals surface area contributed by atoms with E-state index in [0.717, 1.165) is 0 Å². The monoisotopic (exact) mass is 352 g/mol. The molecule has 4 aromatic rings. The Kier molecular flexibility index (Phi) is 4.61. The molecule has 4 heterocycles. The molecule has 120 valence electrons. The summed E-state index contributed by atoms with van der Waals surface area (Å²) in [4.78, 5) is 36.9. The molecule has 0 aromatic carbocycles. The number of hydrogen-bond donors (Lipinski definition) is 6. The summed E-state index contributed by atoms with van der Waals surface area (Å²) in [5.41, 5.74) is 12.4. The highest BCUT2D eigenvalue weighted by atomic mass is 32.1. The van der Waals surface area contributed by atoms with Gasteiger partial charge in [0.25, 0.3) is 5.56 Å². The molecule has 0 atom stereocenters. The highest BCUT2D eigenvalue weighted by molar-refractivity contribution is 7.71. The molecule has 0 bridgehead atoms. The summed E-state index contributed by atoms with van der Waals surface area (Å²) in [7, 11) is 0. The lowest BCUT2D eigenvalue weighted by Gasteiger charge is -1.91. The normalized spacial score (nSPS) is 10.1. The van der Waals surface area contributed by atoms with E-state index in [-0.39, 0.29) is 31.0 Å². The van der Waals surface area contributed by atoms with Crippen molar-refractivity contribution >= 4 is 59.9 Å². The maximum Gasteiger partial charge on any atom is 0.278 e. The van der Waals surface area contributed by atoms with Gasteiger partial charge in [0, 0.05) is 0 Å². The standard InChI is InChI=1S/C5H5N5O.C5H5N5S.H2S/c2*6-5-9-3-2(4(11)10-5)7-1-8-3;/h2*1H,(H4,6,7,8,9,10,11);1H2. The van der Waals surface area contributed by atoms with Crippen LogP contribution in [0.4, 0.5) is 11.9 Å². The van der Waals surface area contributed by atoms with Crippen LogP contribution in [-0.2, 0) is 0 Å². The van der Waals surface area contributed by atoms with Crippen molar-refractivity contribution in [2.24, 2.45) is 0 Å². The molecule has 0 aliphatic heterocycles. The van der Waals surface area contributed by atoms with Crippen molar-refractivity contribution in [2.75, 3.05) is 11.5 Å². The molecule has 4 rings (SSSR count). The van der Waals surface area contributed by atoms with E-state index in [1.165, 1.54) is 12.7 Å². The zero-order chi connectivity index (χ0) is 15.7. The second-order valence-electron chi connectivity index (χ2n) is 4.11. The minimum Gasteiger partial charge on any atom is -0.369 e. The van der Waals surface area contributed by atoms with E-state index in [0.29, 0.717) is 27.0 Å². The smallest absolute Gasteiger partial charge is 0.278 e. The Morgan fingerprint density at radius 1 is 0.957 bits per heavy atom. The fraction of sp³-hybridized carbons (Fsp3) is 0. The highest BCUT2D eigenvalue weighted by Gasteiger charge is 2.01. The van der Waals surface area contributed by atoms with E-state index in [1.807, 2.05) is 0 Å². The molecule has 0 saturated heterocycles. The number of aromatic amines is 4. The predicted octanol–water partition coefficient (Wildman–Crippen LogP) is -0.0611. The molecule has 13 heteroatoms. The minimum absolute atomic E-state index is 0. The van der Waals surface area contributed by atoms with Crippen LogP contribution in [-0.4, -0.2) is 39.9 Å². The molecule has 0 fully saturated rings. The van der Waals surface area contributed by atoms with Crippen LogP contribution in [0.25, 0.3) is 22.3 Å². The Morgan fingerprint density at radius 3 is 2.39 bits per heavy atom. The number of rotatable bonds is 0. The lowest BCUT2D eigenvalue weighted by atomic mass is 10.5.